The van der Waals surface area contributed by atoms with Crippen LogP contribution in [0.15, 0.2) is 6.07 Å². The van der Waals surface area contributed by atoms with Crippen LogP contribution in [0.4, 0.5) is 19.0 Å². The van der Waals surface area contributed by atoms with Crippen molar-refractivity contribution in [2.24, 2.45) is 10.8 Å². The Kier molecular flexibility index (Phi) is 3.01. The van der Waals surface area contributed by atoms with E-state index >= 15 is 0 Å². The van der Waals surface area contributed by atoms with Crippen LogP contribution in [0.25, 0.3) is 0 Å². The molecule has 1 saturated carbocycles. The van der Waals surface area contributed by atoms with E-state index in [4.69, 9.17) is 11.6 Å². The van der Waals surface area contributed by atoms with Crippen LogP contribution >= 0.6 is 11.6 Å². The van der Waals surface area contributed by atoms with Crippen LogP contribution in [-0.4, -0.2) is 16.0 Å². The van der Waals surface area contributed by atoms with Crippen molar-refractivity contribution in [3.05, 3.63) is 17.0 Å². The highest BCUT2D eigenvalue weighted by Gasteiger charge is 2.65. The molecular weight excluding hydrogens is 279 g/mol. The van der Waals surface area contributed by atoms with Crippen molar-refractivity contribution in [3.63, 3.8) is 0 Å². The summed E-state index contributed by atoms with van der Waals surface area (Å²) in [4.78, 5) is 7.00. The molecule has 0 radical (unpaired) electrons. The van der Waals surface area contributed by atoms with Gasteiger partial charge < -0.3 is 5.32 Å². The van der Waals surface area contributed by atoms with E-state index in [1.54, 1.807) is 0 Å². The van der Waals surface area contributed by atoms with Gasteiger partial charge in [0.1, 0.15) is 5.82 Å². The first kappa shape index (κ1) is 14.4. The molecule has 0 aromatic carbocycles. The van der Waals surface area contributed by atoms with Gasteiger partial charge in [-0.05, 0) is 22.4 Å². The van der Waals surface area contributed by atoms with Crippen molar-refractivity contribution in [3.8, 4) is 0 Å². The van der Waals surface area contributed by atoms with Gasteiger partial charge >= 0.3 is 6.18 Å². The topological polar surface area (TPSA) is 37.8 Å². The maximum atomic E-state index is 12.6. The molecule has 0 bridgehead atoms. The second-order valence-electron chi connectivity index (χ2n) is 5.93. The second-order valence-corrected chi connectivity index (χ2v) is 6.26. The maximum absolute atomic E-state index is 12.6. The van der Waals surface area contributed by atoms with E-state index in [0.717, 1.165) is 6.07 Å². The minimum atomic E-state index is -4.53. The Morgan fingerprint density at radius 2 is 1.68 bits per heavy atom. The van der Waals surface area contributed by atoms with Gasteiger partial charge in [0.2, 0.25) is 5.28 Å². The van der Waals surface area contributed by atoms with E-state index in [1.807, 2.05) is 0 Å². The molecule has 1 aliphatic carbocycles. The number of aromatic nitrogens is 2. The van der Waals surface area contributed by atoms with Gasteiger partial charge in [-0.15, -0.1) is 0 Å². The lowest BCUT2D eigenvalue weighted by Gasteiger charge is -2.11. The standard InChI is InChI=1S/C12H15ClF3N3/c1-10(2)8(11(10,3)4)18-7-5-6(12(14,15)16)17-9(13)19-7/h5,8H,1-4H3,(H,17,18,19). The van der Waals surface area contributed by atoms with Crippen molar-refractivity contribution in [1.29, 1.82) is 0 Å². The molecular formula is C12H15ClF3N3. The minimum absolute atomic E-state index is 0.0111. The number of hydrogen-bond donors (Lipinski definition) is 1. The summed E-state index contributed by atoms with van der Waals surface area (Å²) < 4.78 is 37.9. The van der Waals surface area contributed by atoms with E-state index in [1.165, 1.54) is 0 Å². The summed E-state index contributed by atoms with van der Waals surface area (Å²) in [5, 5.41) is 2.61. The molecule has 2 rings (SSSR count). The molecule has 7 heteroatoms. The Hall–Kier alpha value is -1.04. The summed E-state index contributed by atoms with van der Waals surface area (Å²) in [6, 6.07) is 0.933. The van der Waals surface area contributed by atoms with Crippen LogP contribution in [-0.2, 0) is 6.18 Å². The summed E-state index contributed by atoms with van der Waals surface area (Å²) in [6.07, 6.45) is -4.53. The smallest absolute Gasteiger partial charge is 0.366 e. The molecule has 1 heterocycles. The Morgan fingerprint density at radius 1 is 1.16 bits per heavy atom. The summed E-state index contributed by atoms with van der Waals surface area (Å²) in [5.74, 6) is 0.107. The van der Waals surface area contributed by atoms with E-state index in [-0.39, 0.29) is 22.7 Å². The summed E-state index contributed by atoms with van der Waals surface area (Å²) in [5.41, 5.74) is -1.06. The van der Waals surface area contributed by atoms with Crippen molar-refractivity contribution < 1.29 is 13.2 Å². The number of halogens is 4. The third-order valence-electron chi connectivity index (χ3n) is 4.30. The molecule has 1 aliphatic rings. The molecule has 0 saturated heterocycles. The lowest BCUT2D eigenvalue weighted by molar-refractivity contribution is -0.141. The van der Waals surface area contributed by atoms with Crippen LogP contribution in [0.5, 0.6) is 0 Å². The Labute approximate surface area is 114 Å². The highest BCUT2D eigenvalue weighted by atomic mass is 35.5. The first-order chi connectivity index (χ1) is 8.46. The fraction of sp³-hybridized carbons (Fsp3) is 0.667. The van der Waals surface area contributed by atoms with Gasteiger partial charge in [0.25, 0.3) is 0 Å². The fourth-order valence-corrected chi connectivity index (χ4v) is 2.52. The monoisotopic (exact) mass is 293 g/mol. The number of nitrogens with zero attached hydrogens (tertiary/aromatic N) is 2. The maximum Gasteiger partial charge on any atom is 0.433 e. The van der Waals surface area contributed by atoms with Gasteiger partial charge in [-0.25, -0.2) is 9.97 Å². The molecule has 0 unspecified atom stereocenters. The molecule has 0 spiro atoms. The van der Waals surface area contributed by atoms with E-state index < -0.39 is 17.2 Å². The molecule has 106 valence electrons. The van der Waals surface area contributed by atoms with Gasteiger partial charge in [0, 0.05) is 12.1 Å². The summed E-state index contributed by atoms with van der Waals surface area (Å²) >= 11 is 5.54. The average Bonchev–Trinajstić information content (AvgIpc) is 2.59. The summed E-state index contributed by atoms with van der Waals surface area (Å²) in [7, 11) is 0. The number of alkyl halides is 3. The van der Waals surface area contributed by atoms with Crippen molar-refractivity contribution in [1.82, 2.24) is 9.97 Å². The van der Waals surface area contributed by atoms with Crippen LogP contribution in [0.3, 0.4) is 0 Å². The van der Waals surface area contributed by atoms with Gasteiger partial charge in [-0.3, -0.25) is 0 Å². The lowest BCUT2D eigenvalue weighted by atomic mass is 10.0. The van der Waals surface area contributed by atoms with Gasteiger partial charge in [-0.2, -0.15) is 13.2 Å². The van der Waals surface area contributed by atoms with E-state index in [9.17, 15) is 13.2 Å². The largest absolute Gasteiger partial charge is 0.433 e. The van der Waals surface area contributed by atoms with Crippen molar-refractivity contribution in [2.75, 3.05) is 5.32 Å². The van der Waals surface area contributed by atoms with Gasteiger partial charge in [-0.1, -0.05) is 27.7 Å². The molecule has 0 aliphatic heterocycles. The molecule has 1 N–H and O–H groups in total. The number of anilines is 1. The molecule has 0 atom stereocenters. The van der Waals surface area contributed by atoms with Crippen LogP contribution < -0.4 is 5.32 Å². The van der Waals surface area contributed by atoms with E-state index in [0.29, 0.717) is 0 Å². The Bertz CT molecular complexity index is 497. The predicted octanol–water partition coefficient (Wildman–Crippen LogP) is 4.00. The minimum Gasteiger partial charge on any atom is -0.366 e. The highest BCUT2D eigenvalue weighted by molar-refractivity contribution is 6.28. The lowest BCUT2D eigenvalue weighted by Crippen LogP contribution is -2.15. The normalized spacial score (nSPS) is 21.3. The fourth-order valence-electron chi connectivity index (χ4n) is 2.34. The number of nitrogens with one attached hydrogen (secondary N) is 1. The zero-order chi connectivity index (χ0) is 14.6. The third kappa shape index (κ3) is 2.38. The zero-order valence-corrected chi connectivity index (χ0v) is 11.8. The average molecular weight is 294 g/mol. The van der Waals surface area contributed by atoms with E-state index in [2.05, 4.69) is 43.0 Å². The molecule has 1 aromatic heterocycles. The SMILES string of the molecule is CC1(C)C(Nc2cc(C(F)(F)F)nc(Cl)n2)C1(C)C. The van der Waals surface area contributed by atoms with Gasteiger partial charge in [0.15, 0.2) is 5.69 Å². The quantitative estimate of drug-likeness (QED) is 0.838. The van der Waals surface area contributed by atoms with Crippen LogP contribution in [0.1, 0.15) is 33.4 Å². The second kappa shape index (κ2) is 3.98. The molecule has 1 fully saturated rings. The van der Waals surface area contributed by atoms with Crippen LogP contribution in [0, 0.1) is 10.8 Å². The first-order valence-electron chi connectivity index (χ1n) is 5.84. The molecule has 19 heavy (non-hydrogen) atoms. The number of rotatable bonds is 2. The van der Waals surface area contributed by atoms with Crippen molar-refractivity contribution >= 4 is 17.4 Å². The Balaban J connectivity index is 2.26. The van der Waals surface area contributed by atoms with Crippen molar-refractivity contribution in [2.45, 2.75) is 39.9 Å². The Morgan fingerprint density at radius 3 is 2.11 bits per heavy atom. The first-order valence-corrected chi connectivity index (χ1v) is 6.22. The third-order valence-corrected chi connectivity index (χ3v) is 4.47. The molecule has 0 amide bonds. The molecule has 1 aromatic rings. The number of hydrogen-bond acceptors (Lipinski definition) is 3. The van der Waals surface area contributed by atoms with Gasteiger partial charge in [0.05, 0.1) is 0 Å². The molecule has 3 nitrogen and oxygen atoms in total. The van der Waals surface area contributed by atoms with Crippen LogP contribution in [0.2, 0.25) is 5.28 Å². The zero-order valence-electron chi connectivity index (χ0n) is 11.1. The predicted molar refractivity (Wildman–Crippen MR) is 67.0 cm³/mol. The highest BCUT2D eigenvalue weighted by Crippen LogP contribution is 2.63. The summed E-state index contributed by atoms with van der Waals surface area (Å²) in [6.45, 7) is 8.21.